The fraction of sp³-hybridized carbons (Fsp3) is 0.231. The Labute approximate surface area is 205 Å². The molecule has 1 saturated carbocycles. The molecule has 0 unspecified atom stereocenters. The fourth-order valence-corrected chi connectivity index (χ4v) is 6.15. The molecule has 1 aromatic heterocycles. The lowest BCUT2D eigenvalue weighted by Crippen LogP contribution is -2.33. The van der Waals surface area contributed by atoms with Crippen molar-refractivity contribution in [3.63, 3.8) is 0 Å². The molecule has 0 spiro atoms. The molecule has 5 rings (SSSR count). The molecule has 34 heavy (non-hydrogen) atoms. The number of nitrogens with zero attached hydrogens (tertiary/aromatic N) is 3. The number of hydrogen-bond donors (Lipinski definition) is 1. The summed E-state index contributed by atoms with van der Waals surface area (Å²) in [5, 5.41) is 19.3. The quantitative estimate of drug-likeness (QED) is 0.389. The van der Waals surface area contributed by atoms with E-state index in [9.17, 15) is 14.7 Å². The van der Waals surface area contributed by atoms with Crippen LogP contribution in [0.25, 0.3) is 22.0 Å². The van der Waals surface area contributed by atoms with E-state index in [0.29, 0.717) is 15.9 Å². The topological polar surface area (TPSA) is 85.1 Å². The van der Waals surface area contributed by atoms with Gasteiger partial charge in [-0.05, 0) is 66.3 Å². The zero-order valence-electron chi connectivity index (χ0n) is 18.2. The van der Waals surface area contributed by atoms with Crippen LogP contribution in [0.4, 0.5) is 0 Å². The van der Waals surface area contributed by atoms with Gasteiger partial charge in [0.1, 0.15) is 5.52 Å². The highest BCUT2D eigenvalue weighted by atomic mass is 35.5. The molecule has 4 aromatic rings. The maximum absolute atomic E-state index is 12.8. The van der Waals surface area contributed by atoms with E-state index in [1.54, 1.807) is 30.0 Å². The Morgan fingerprint density at radius 1 is 1.00 bits per heavy atom. The van der Waals surface area contributed by atoms with Gasteiger partial charge in [0.25, 0.3) is 5.56 Å². The summed E-state index contributed by atoms with van der Waals surface area (Å²) in [7, 11) is 0. The average Bonchev–Trinajstić information content (AvgIpc) is 3.24. The maximum atomic E-state index is 12.8. The number of thioether (sulfide) groups is 1. The summed E-state index contributed by atoms with van der Waals surface area (Å²) in [6, 6.07) is 22.9. The number of aliphatic carboxylic acids is 1. The van der Waals surface area contributed by atoms with Gasteiger partial charge >= 0.3 is 5.97 Å². The zero-order valence-corrected chi connectivity index (χ0v) is 19.7. The number of aromatic nitrogens is 3. The molecule has 0 aliphatic heterocycles. The molecule has 1 heterocycles. The first-order valence-corrected chi connectivity index (χ1v) is 12.3. The first-order chi connectivity index (χ1) is 16.5. The van der Waals surface area contributed by atoms with Crippen LogP contribution < -0.4 is 5.56 Å². The van der Waals surface area contributed by atoms with E-state index in [2.05, 4.69) is 10.3 Å². The minimum absolute atomic E-state index is 0.0759. The second kappa shape index (κ2) is 9.60. The first kappa shape index (κ1) is 22.6. The number of carboxylic acid groups (broad SMARTS) is 1. The summed E-state index contributed by atoms with van der Waals surface area (Å²) >= 11 is 7.57. The van der Waals surface area contributed by atoms with Gasteiger partial charge < -0.3 is 5.11 Å². The number of rotatable bonds is 6. The minimum Gasteiger partial charge on any atom is -0.481 e. The van der Waals surface area contributed by atoms with Crippen LogP contribution in [0.2, 0.25) is 5.02 Å². The van der Waals surface area contributed by atoms with E-state index in [-0.39, 0.29) is 23.3 Å². The first-order valence-electron chi connectivity index (χ1n) is 11.1. The monoisotopic (exact) mass is 491 g/mol. The van der Waals surface area contributed by atoms with E-state index in [1.807, 2.05) is 54.6 Å². The predicted octanol–water partition coefficient (Wildman–Crippen LogP) is 5.38. The molecule has 3 atom stereocenters. The molecule has 8 heteroatoms. The molecule has 172 valence electrons. The van der Waals surface area contributed by atoms with Crippen molar-refractivity contribution in [1.82, 2.24) is 15.0 Å². The Hall–Kier alpha value is -3.16. The number of benzene rings is 3. The van der Waals surface area contributed by atoms with Crippen molar-refractivity contribution in [1.29, 1.82) is 0 Å². The van der Waals surface area contributed by atoms with Crippen LogP contribution in [-0.4, -0.2) is 31.3 Å². The molecule has 1 fully saturated rings. The normalized spacial score (nSPS) is 20.0. The molecule has 3 aromatic carbocycles. The van der Waals surface area contributed by atoms with E-state index in [1.165, 1.54) is 4.68 Å². The van der Waals surface area contributed by atoms with Crippen LogP contribution >= 0.6 is 23.4 Å². The van der Waals surface area contributed by atoms with Gasteiger partial charge in [-0.1, -0.05) is 53.2 Å². The number of carbonyl (C=O) groups is 1. The van der Waals surface area contributed by atoms with E-state index in [0.717, 1.165) is 28.9 Å². The maximum Gasteiger partial charge on any atom is 0.307 e. The van der Waals surface area contributed by atoms with E-state index < -0.39 is 11.9 Å². The predicted molar refractivity (Wildman–Crippen MR) is 134 cm³/mol. The summed E-state index contributed by atoms with van der Waals surface area (Å²) in [5.74, 6) is -1.59. The van der Waals surface area contributed by atoms with Crippen molar-refractivity contribution in [2.45, 2.75) is 29.5 Å². The fourth-order valence-electron chi connectivity index (χ4n) is 4.65. The van der Waals surface area contributed by atoms with Crippen LogP contribution in [0.1, 0.15) is 12.8 Å². The van der Waals surface area contributed by atoms with Crippen molar-refractivity contribution in [3.8, 4) is 11.1 Å². The summed E-state index contributed by atoms with van der Waals surface area (Å²) in [5.41, 5.74) is 2.46. The average molecular weight is 492 g/mol. The van der Waals surface area contributed by atoms with Gasteiger partial charge in [0, 0.05) is 15.2 Å². The Morgan fingerprint density at radius 2 is 1.68 bits per heavy atom. The second-order valence-electron chi connectivity index (χ2n) is 8.48. The summed E-state index contributed by atoms with van der Waals surface area (Å²) in [6.07, 6.45) is 1.49. The van der Waals surface area contributed by atoms with Crippen molar-refractivity contribution in [2.24, 2.45) is 11.8 Å². The highest BCUT2D eigenvalue weighted by Gasteiger charge is 2.42. The lowest BCUT2D eigenvalue weighted by Gasteiger charge is -2.21. The SMILES string of the molecule is O=C(O)[C@@H]1[C@@H](Cn2nnc3ccccc3c2=O)CC[C@@H]1Sc1ccc(-c2ccc(Cl)cc2)cc1. The van der Waals surface area contributed by atoms with Crippen molar-refractivity contribution in [3.05, 3.63) is 88.2 Å². The molecule has 1 aliphatic rings. The van der Waals surface area contributed by atoms with Crippen molar-refractivity contribution in [2.75, 3.05) is 0 Å². The van der Waals surface area contributed by atoms with Crippen LogP contribution in [-0.2, 0) is 11.3 Å². The summed E-state index contributed by atoms with van der Waals surface area (Å²) < 4.78 is 1.32. The molecule has 1 N–H and O–H groups in total. The van der Waals surface area contributed by atoms with E-state index in [4.69, 9.17) is 11.6 Å². The number of fused-ring (bicyclic) bond motifs is 1. The number of hydrogen-bond acceptors (Lipinski definition) is 5. The molecular formula is C26H22ClN3O3S. The van der Waals surface area contributed by atoms with E-state index >= 15 is 0 Å². The van der Waals surface area contributed by atoms with Gasteiger partial charge in [-0.3, -0.25) is 9.59 Å². The van der Waals surface area contributed by atoms with Gasteiger partial charge in [0.2, 0.25) is 0 Å². The van der Waals surface area contributed by atoms with Crippen molar-refractivity contribution < 1.29 is 9.90 Å². The van der Waals surface area contributed by atoms with Crippen LogP contribution in [0.5, 0.6) is 0 Å². The standard InChI is InChI=1S/C26H22ClN3O3S/c27-19-10-5-16(6-11-19)17-7-12-20(13-8-17)34-23-14-9-18(24(23)26(32)33)15-30-25(31)21-3-1-2-4-22(21)28-29-30/h1-8,10-13,18,23-24H,9,14-15H2,(H,32,33)/t18-,23+,24-/m1/s1. The highest BCUT2D eigenvalue weighted by Crippen LogP contribution is 2.43. The Morgan fingerprint density at radius 3 is 2.38 bits per heavy atom. The number of carboxylic acids is 1. The largest absolute Gasteiger partial charge is 0.481 e. The molecule has 0 amide bonds. The van der Waals surface area contributed by atoms with Crippen molar-refractivity contribution >= 4 is 40.2 Å². The second-order valence-corrected chi connectivity index (χ2v) is 10.2. The Bertz CT molecular complexity index is 1390. The zero-order chi connectivity index (χ0) is 23.7. The van der Waals surface area contributed by atoms with Crippen LogP contribution in [0.15, 0.2) is 82.5 Å². The van der Waals surface area contributed by atoms with Gasteiger partial charge in [0.15, 0.2) is 0 Å². The molecule has 0 bridgehead atoms. The third kappa shape index (κ3) is 4.58. The van der Waals surface area contributed by atoms with Crippen LogP contribution in [0, 0.1) is 11.8 Å². The van der Waals surface area contributed by atoms with Gasteiger partial charge in [-0.15, -0.1) is 16.9 Å². The third-order valence-electron chi connectivity index (χ3n) is 6.37. The summed E-state index contributed by atoms with van der Waals surface area (Å²) in [6.45, 7) is 0.250. The van der Waals surface area contributed by atoms with Crippen LogP contribution in [0.3, 0.4) is 0 Å². The smallest absolute Gasteiger partial charge is 0.307 e. The molecule has 6 nitrogen and oxygen atoms in total. The Balaban J connectivity index is 1.32. The highest BCUT2D eigenvalue weighted by molar-refractivity contribution is 8.00. The van der Waals surface area contributed by atoms with Gasteiger partial charge in [-0.25, -0.2) is 4.68 Å². The third-order valence-corrected chi connectivity index (χ3v) is 8.00. The molecular weight excluding hydrogens is 470 g/mol. The molecule has 0 radical (unpaired) electrons. The molecule has 0 saturated heterocycles. The number of halogens is 1. The summed E-state index contributed by atoms with van der Waals surface area (Å²) in [4.78, 5) is 26.1. The minimum atomic E-state index is -0.834. The Kier molecular flexibility index (Phi) is 6.39. The lowest BCUT2D eigenvalue weighted by atomic mass is 9.96. The van der Waals surface area contributed by atoms with Gasteiger partial charge in [-0.2, -0.15) is 0 Å². The lowest BCUT2D eigenvalue weighted by molar-refractivity contribution is -0.142. The van der Waals surface area contributed by atoms with Gasteiger partial charge in [0.05, 0.1) is 17.8 Å². The molecule has 1 aliphatic carbocycles.